The van der Waals surface area contributed by atoms with E-state index in [1.165, 1.54) is 36.8 Å². The third-order valence-corrected chi connectivity index (χ3v) is 5.34. The summed E-state index contributed by atoms with van der Waals surface area (Å²) in [6, 6.07) is 3.93. The minimum Gasteiger partial charge on any atom is -0.320 e. The lowest BCUT2D eigenvalue weighted by Crippen LogP contribution is -2.21. The third kappa shape index (κ3) is 4.44. The number of anilines is 1. The van der Waals surface area contributed by atoms with E-state index in [-0.39, 0.29) is 33.1 Å². The Morgan fingerprint density at radius 3 is 2.43 bits per heavy atom. The zero-order chi connectivity index (χ0) is 26.3. The summed E-state index contributed by atoms with van der Waals surface area (Å²) in [6.45, 7) is 0. The number of carbonyl (C=O) groups is 1. The van der Waals surface area contributed by atoms with Crippen LogP contribution in [0.2, 0.25) is 5.02 Å². The lowest BCUT2D eigenvalue weighted by atomic mass is 10.1. The molecular formula is C21H11ClF5N9O. The maximum atomic E-state index is 14.2. The van der Waals surface area contributed by atoms with Crippen LogP contribution in [0.3, 0.4) is 0 Å². The number of amides is 1. The van der Waals surface area contributed by atoms with Crippen LogP contribution in [0.25, 0.3) is 22.4 Å². The molecule has 5 heterocycles. The summed E-state index contributed by atoms with van der Waals surface area (Å²) in [6.07, 6.45) is -1.40. The number of rotatable bonds is 5. The van der Waals surface area contributed by atoms with Crippen LogP contribution < -0.4 is 5.32 Å². The Balaban J connectivity index is 1.55. The molecule has 5 aromatic rings. The second-order valence-electron chi connectivity index (χ2n) is 7.35. The summed E-state index contributed by atoms with van der Waals surface area (Å²) in [5, 5.41) is 13.7. The predicted octanol–water partition coefficient (Wildman–Crippen LogP) is 4.65. The molecule has 37 heavy (non-hydrogen) atoms. The van der Waals surface area contributed by atoms with Crippen molar-refractivity contribution >= 4 is 34.1 Å². The van der Waals surface area contributed by atoms with E-state index in [0.717, 1.165) is 17.2 Å². The lowest BCUT2D eigenvalue weighted by Gasteiger charge is -2.15. The molecule has 188 valence electrons. The van der Waals surface area contributed by atoms with Crippen molar-refractivity contribution in [2.45, 2.75) is 12.6 Å². The van der Waals surface area contributed by atoms with Gasteiger partial charge in [-0.3, -0.25) is 14.8 Å². The van der Waals surface area contributed by atoms with Crippen LogP contribution in [0.5, 0.6) is 0 Å². The van der Waals surface area contributed by atoms with Crippen molar-refractivity contribution in [3.05, 3.63) is 77.4 Å². The van der Waals surface area contributed by atoms with E-state index in [1.807, 2.05) is 0 Å². The zero-order valence-corrected chi connectivity index (χ0v) is 18.8. The van der Waals surface area contributed by atoms with E-state index in [2.05, 4.69) is 35.6 Å². The summed E-state index contributed by atoms with van der Waals surface area (Å²) in [5.74, 6) is -1.03. The molecule has 0 aromatic carbocycles. The Morgan fingerprint density at radius 2 is 1.76 bits per heavy atom. The molecule has 0 saturated heterocycles. The molecule has 0 unspecified atom stereocenters. The third-order valence-electron chi connectivity index (χ3n) is 5.06. The van der Waals surface area contributed by atoms with Crippen molar-refractivity contribution in [2.24, 2.45) is 0 Å². The standard InChI is InChI=1S/C21H11ClF5N9O/c22-13-6-10(7-30-19(13)36-31-4-5-32-36)34-20(37)12-8-33-35(17(12)21(25,26)27)14-9-29-16(18(23)24)15-11(14)2-1-3-28-15/h1-9,18H,(H,34,37). The van der Waals surface area contributed by atoms with Crippen molar-refractivity contribution in [1.82, 2.24) is 39.7 Å². The highest BCUT2D eigenvalue weighted by Crippen LogP contribution is 2.36. The van der Waals surface area contributed by atoms with Crippen LogP contribution in [0.15, 0.2) is 55.4 Å². The fourth-order valence-electron chi connectivity index (χ4n) is 3.55. The van der Waals surface area contributed by atoms with Crippen molar-refractivity contribution in [3.63, 3.8) is 0 Å². The van der Waals surface area contributed by atoms with E-state index in [0.29, 0.717) is 10.9 Å². The number of pyridine rings is 3. The minimum absolute atomic E-state index is 0.00983. The highest BCUT2D eigenvalue weighted by molar-refractivity contribution is 6.32. The molecule has 0 aliphatic rings. The van der Waals surface area contributed by atoms with Gasteiger partial charge in [-0.15, -0.1) is 4.80 Å². The molecule has 0 atom stereocenters. The highest BCUT2D eigenvalue weighted by Gasteiger charge is 2.41. The molecule has 5 aromatic heterocycles. The van der Waals surface area contributed by atoms with Gasteiger partial charge in [-0.25, -0.2) is 18.4 Å². The first kappa shape index (κ1) is 24.2. The Morgan fingerprint density at radius 1 is 1.00 bits per heavy atom. The molecule has 0 saturated carbocycles. The van der Waals surface area contributed by atoms with Gasteiger partial charge in [0.05, 0.1) is 58.5 Å². The van der Waals surface area contributed by atoms with E-state index >= 15 is 0 Å². The van der Waals surface area contributed by atoms with Crippen LogP contribution in [0.4, 0.5) is 27.6 Å². The van der Waals surface area contributed by atoms with Gasteiger partial charge in [-0.1, -0.05) is 11.6 Å². The van der Waals surface area contributed by atoms with Gasteiger partial charge in [0.2, 0.25) is 0 Å². The first-order chi connectivity index (χ1) is 17.6. The van der Waals surface area contributed by atoms with E-state index in [4.69, 9.17) is 11.6 Å². The number of fused-ring (bicyclic) bond motifs is 1. The summed E-state index contributed by atoms with van der Waals surface area (Å²) in [7, 11) is 0. The van der Waals surface area contributed by atoms with Crippen molar-refractivity contribution in [2.75, 3.05) is 5.32 Å². The first-order valence-electron chi connectivity index (χ1n) is 10.2. The quantitative estimate of drug-likeness (QED) is 0.326. The van der Waals surface area contributed by atoms with Crippen molar-refractivity contribution in [1.29, 1.82) is 0 Å². The number of hydrogen-bond acceptors (Lipinski definition) is 7. The maximum Gasteiger partial charge on any atom is 0.434 e. The number of alkyl halides is 5. The van der Waals surface area contributed by atoms with Gasteiger partial charge in [0, 0.05) is 11.6 Å². The number of halogens is 6. The van der Waals surface area contributed by atoms with Crippen LogP contribution in [0, 0.1) is 0 Å². The van der Waals surface area contributed by atoms with Crippen molar-refractivity contribution < 1.29 is 26.7 Å². The van der Waals surface area contributed by atoms with E-state index in [9.17, 15) is 26.7 Å². The Kier molecular flexibility index (Phi) is 5.99. The van der Waals surface area contributed by atoms with Crippen LogP contribution in [0.1, 0.15) is 28.2 Å². The van der Waals surface area contributed by atoms with E-state index < -0.39 is 35.5 Å². The van der Waals surface area contributed by atoms with Crippen LogP contribution in [-0.2, 0) is 6.18 Å². The Labute approximate surface area is 207 Å². The molecule has 1 N–H and O–H groups in total. The summed E-state index contributed by atoms with van der Waals surface area (Å²) < 4.78 is 69.6. The monoisotopic (exact) mass is 535 g/mol. The van der Waals surface area contributed by atoms with Gasteiger partial charge in [0.1, 0.15) is 5.69 Å². The molecular weight excluding hydrogens is 525 g/mol. The summed E-state index contributed by atoms with van der Waals surface area (Å²) >= 11 is 6.15. The topological polar surface area (TPSA) is 116 Å². The molecule has 0 aliphatic carbocycles. The molecule has 0 bridgehead atoms. The van der Waals surface area contributed by atoms with Gasteiger partial charge in [-0.05, 0) is 18.2 Å². The van der Waals surface area contributed by atoms with Gasteiger partial charge in [-0.2, -0.15) is 28.5 Å². The smallest absolute Gasteiger partial charge is 0.320 e. The zero-order valence-electron chi connectivity index (χ0n) is 18.0. The highest BCUT2D eigenvalue weighted by atomic mass is 35.5. The number of carbonyl (C=O) groups excluding carboxylic acids is 1. The van der Waals surface area contributed by atoms with Crippen LogP contribution >= 0.6 is 11.6 Å². The second-order valence-corrected chi connectivity index (χ2v) is 7.75. The fourth-order valence-corrected chi connectivity index (χ4v) is 3.79. The molecule has 5 rings (SSSR count). The van der Waals surface area contributed by atoms with Gasteiger partial charge >= 0.3 is 6.18 Å². The minimum atomic E-state index is -5.06. The molecule has 16 heteroatoms. The van der Waals surface area contributed by atoms with E-state index in [1.54, 1.807) is 0 Å². The number of aromatic nitrogens is 8. The molecule has 0 radical (unpaired) electrons. The summed E-state index contributed by atoms with van der Waals surface area (Å²) in [5.41, 5.74) is -3.58. The van der Waals surface area contributed by atoms with Gasteiger partial charge in [0.25, 0.3) is 12.3 Å². The molecule has 10 nitrogen and oxygen atoms in total. The first-order valence-corrected chi connectivity index (χ1v) is 10.5. The largest absolute Gasteiger partial charge is 0.434 e. The normalized spacial score (nSPS) is 11.9. The second kappa shape index (κ2) is 9.16. The van der Waals surface area contributed by atoms with Gasteiger partial charge in [0.15, 0.2) is 11.5 Å². The van der Waals surface area contributed by atoms with Crippen LogP contribution in [-0.4, -0.2) is 45.6 Å². The summed E-state index contributed by atoms with van der Waals surface area (Å²) in [4.78, 5) is 25.4. The average molecular weight is 536 g/mol. The predicted molar refractivity (Wildman–Crippen MR) is 119 cm³/mol. The average Bonchev–Trinajstić information content (AvgIpc) is 3.54. The number of nitrogens with one attached hydrogen (secondary N) is 1. The van der Waals surface area contributed by atoms with Gasteiger partial charge < -0.3 is 5.32 Å². The molecule has 0 aliphatic heterocycles. The Hall–Kier alpha value is -4.53. The molecule has 0 fully saturated rings. The number of hydrogen-bond donors (Lipinski definition) is 1. The maximum absolute atomic E-state index is 14.2. The SMILES string of the molecule is O=C(Nc1cnc(-n2nccn2)c(Cl)c1)c1cnn(-c2cnc(C(F)F)c3ncccc23)c1C(F)(F)F. The lowest BCUT2D eigenvalue weighted by molar-refractivity contribution is -0.143. The fraction of sp³-hybridized carbons (Fsp3) is 0.0952. The molecule has 0 spiro atoms. The molecule has 1 amide bonds. The number of nitrogens with zero attached hydrogens (tertiary/aromatic N) is 8. The van der Waals surface area contributed by atoms with Crippen molar-refractivity contribution in [3.8, 4) is 11.5 Å². The Bertz CT molecular complexity index is 1620.